The van der Waals surface area contributed by atoms with Crippen molar-refractivity contribution in [3.63, 3.8) is 0 Å². The van der Waals surface area contributed by atoms with E-state index in [0.29, 0.717) is 11.8 Å². The Kier molecular flexibility index (Phi) is 1.99. The van der Waals surface area contributed by atoms with E-state index in [2.05, 4.69) is 26.3 Å². The molecule has 0 amide bonds. The van der Waals surface area contributed by atoms with Crippen LogP contribution in [0.1, 0.15) is 18.0 Å². The number of halogens is 1. The summed E-state index contributed by atoms with van der Waals surface area (Å²) in [6.45, 7) is 0.805. The Bertz CT molecular complexity index is 261. The Hall–Kier alpha value is 0.0700. The third kappa shape index (κ3) is 1.48. The second-order valence-corrected chi connectivity index (χ2v) is 5.00. The highest BCUT2D eigenvalue weighted by atomic mass is 79.9. The fourth-order valence-corrected chi connectivity index (χ4v) is 2.39. The van der Waals surface area contributed by atoms with E-state index in [-0.39, 0.29) is 0 Å². The van der Waals surface area contributed by atoms with Crippen molar-refractivity contribution in [1.29, 1.82) is 0 Å². The Morgan fingerprint density at radius 2 is 2.64 bits per heavy atom. The Morgan fingerprint density at radius 1 is 1.82 bits per heavy atom. The predicted molar refractivity (Wildman–Crippen MR) is 49.7 cm³/mol. The van der Waals surface area contributed by atoms with Crippen molar-refractivity contribution in [2.24, 2.45) is 11.7 Å². The molecule has 2 unspecified atom stereocenters. The molecule has 1 heterocycles. The summed E-state index contributed by atoms with van der Waals surface area (Å²) in [5, 5.41) is 2.12. The Morgan fingerprint density at radius 3 is 3.09 bits per heavy atom. The van der Waals surface area contributed by atoms with E-state index in [1.54, 1.807) is 11.3 Å². The van der Waals surface area contributed by atoms with Crippen molar-refractivity contribution in [3.05, 3.63) is 15.0 Å². The zero-order chi connectivity index (χ0) is 7.84. The molecular weight excluding hydrogens is 224 g/mol. The molecule has 1 saturated carbocycles. The Balaban J connectivity index is 2.08. The second-order valence-electron chi connectivity index (χ2n) is 2.86. The molecule has 60 valence electrons. The van der Waals surface area contributed by atoms with Gasteiger partial charge in [-0.05, 0) is 34.8 Å². The van der Waals surface area contributed by atoms with E-state index < -0.39 is 0 Å². The zero-order valence-electron chi connectivity index (χ0n) is 5.96. The second kappa shape index (κ2) is 2.84. The molecule has 11 heavy (non-hydrogen) atoms. The lowest BCUT2D eigenvalue weighted by molar-refractivity contribution is 0.800. The van der Waals surface area contributed by atoms with Crippen LogP contribution in [0, 0.1) is 5.92 Å². The van der Waals surface area contributed by atoms with Crippen LogP contribution in [0.15, 0.2) is 9.30 Å². The lowest BCUT2D eigenvalue weighted by Gasteiger charge is -1.89. The van der Waals surface area contributed by atoms with Gasteiger partial charge in [0.25, 0.3) is 0 Å². The summed E-state index contributed by atoms with van der Waals surface area (Å²) in [4.78, 5) is 4.35. The van der Waals surface area contributed by atoms with Gasteiger partial charge in [-0.15, -0.1) is 11.3 Å². The number of thiazole rings is 1. The zero-order valence-corrected chi connectivity index (χ0v) is 8.36. The molecule has 1 aliphatic carbocycles. The Labute approximate surface area is 78.0 Å². The minimum absolute atomic E-state index is 0.655. The van der Waals surface area contributed by atoms with Crippen LogP contribution in [0.4, 0.5) is 0 Å². The predicted octanol–water partition coefficient (Wildman–Crippen LogP) is 1.97. The summed E-state index contributed by atoms with van der Waals surface area (Å²) in [7, 11) is 0. The third-order valence-corrected chi connectivity index (χ3v) is 3.48. The summed E-state index contributed by atoms with van der Waals surface area (Å²) in [5.41, 5.74) is 6.75. The first-order chi connectivity index (χ1) is 5.31. The molecular formula is C7H9BrN2S. The van der Waals surface area contributed by atoms with Crippen molar-refractivity contribution in [2.45, 2.75) is 12.3 Å². The summed E-state index contributed by atoms with van der Waals surface area (Å²) >= 11 is 5.00. The highest BCUT2D eigenvalue weighted by Crippen LogP contribution is 2.46. The molecule has 2 N–H and O–H groups in total. The molecule has 2 atom stereocenters. The summed E-state index contributed by atoms with van der Waals surface area (Å²) in [5.74, 6) is 1.35. The van der Waals surface area contributed by atoms with Crippen LogP contribution in [-0.2, 0) is 0 Å². The van der Waals surface area contributed by atoms with Gasteiger partial charge in [-0.3, -0.25) is 0 Å². The summed E-state index contributed by atoms with van der Waals surface area (Å²) in [6, 6.07) is 0. The third-order valence-electron chi connectivity index (χ3n) is 2.10. The van der Waals surface area contributed by atoms with Gasteiger partial charge in [0.05, 0.1) is 5.69 Å². The summed E-state index contributed by atoms with van der Waals surface area (Å²) < 4.78 is 0.982. The van der Waals surface area contributed by atoms with E-state index >= 15 is 0 Å². The van der Waals surface area contributed by atoms with Gasteiger partial charge < -0.3 is 5.73 Å². The van der Waals surface area contributed by atoms with Crippen LogP contribution < -0.4 is 5.73 Å². The van der Waals surface area contributed by atoms with Gasteiger partial charge in [0.15, 0.2) is 3.92 Å². The fourth-order valence-electron chi connectivity index (χ4n) is 1.30. The molecule has 0 spiro atoms. The van der Waals surface area contributed by atoms with Crippen LogP contribution in [-0.4, -0.2) is 11.5 Å². The highest BCUT2D eigenvalue weighted by molar-refractivity contribution is 9.11. The summed E-state index contributed by atoms with van der Waals surface area (Å²) in [6.07, 6.45) is 1.23. The lowest BCUT2D eigenvalue weighted by Crippen LogP contribution is -2.01. The van der Waals surface area contributed by atoms with Crippen molar-refractivity contribution in [3.8, 4) is 0 Å². The van der Waals surface area contributed by atoms with Crippen LogP contribution in [0.2, 0.25) is 0 Å². The largest absolute Gasteiger partial charge is 0.330 e. The van der Waals surface area contributed by atoms with Crippen molar-refractivity contribution < 1.29 is 0 Å². The average molecular weight is 233 g/mol. The van der Waals surface area contributed by atoms with Gasteiger partial charge in [-0.2, -0.15) is 0 Å². The number of rotatable bonds is 2. The van der Waals surface area contributed by atoms with Crippen molar-refractivity contribution in [1.82, 2.24) is 4.98 Å². The van der Waals surface area contributed by atoms with Crippen LogP contribution in [0.25, 0.3) is 0 Å². The van der Waals surface area contributed by atoms with Crippen LogP contribution in [0.3, 0.4) is 0 Å². The van der Waals surface area contributed by atoms with Crippen molar-refractivity contribution >= 4 is 27.3 Å². The standard InChI is InChI=1S/C7H9BrN2S/c8-7-10-6(3-11-7)5-1-4(5)2-9/h3-5H,1-2,9H2. The first-order valence-electron chi connectivity index (χ1n) is 3.62. The molecule has 1 aliphatic rings. The van der Waals surface area contributed by atoms with Gasteiger partial charge in [0.1, 0.15) is 0 Å². The van der Waals surface area contributed by atoms with E-state index in [1.165, 1.54) is 12.1 Å². The maximum Gasteiger partial charge on any atom is 0.159 e. The fraction of sp³-hybridized carbons (Fsp3) is 0.571. The van der Waals surface area contributed by atoms with Crippen LogP contribution in [0.5, 0.6) is 0 Å². The number of hydrogen-bond acceptors (Lipinski definition) is 3. The minimum atomic E-state index is 0.655. The van der Waals surface area contributed by atoms with Gasteiger partial charge in [-0.1, -0.05) is 0 Å². The van der Waals surface area contributed by atoms with Crippen LogP contribution >= 0.6 is 27.3 Å². The molecule has 2 rings (SSSR count). The SMILES string of the molecule is NCC1CC1c1csc(Br)n1. The normalized spacial score (nSPS) is 28.9. The molecule has 0 aromatic carbocycles. The molecule has 1 aromatic rings. The topological polar surface area (TPSA) is 38.9 Å². The maximum absolute atomic E-state index is 5.53. The molecule has 0 saturated heterocycles. The quantitative estimate of drug-likeness (QED) is 0.848. The maximum atomic E-state index is 5.53. The highest BCUT2D eigenvalue weighted by Gasteiger charge is 2.38. The molecule has 2 nitrogen and oxygen atoms in total. The van der Waals surface area contributed by atoms with Gasteiger partial charge in [-0.25, -0.2) is 4.98 Å². The molecule has 0 bridgehead atoms. The van der Waals surface area contributed by atoms with Gasteiger partial charge in [0, 0.05) is 11.3 Å². The van der Waals surface area contributed by atoms with E-state index in [9.17, 15) is 0 Å². The molecule has 1 aromatic heterocycles. The number of aromatic nitrogens is 1. The number of hydrogen-bond donors (Lipinski definition) is 1. The van der Waals surface area contributed by atoms with Gasteiger partial charge in [0.2, 0.25) is 0 Å². The number of nitrogens with zero attached hydrogens (tertiary/aromatic N) is 1. The molecule has 1 fully saturated rings. The first-order valence-corrected chi connectivity index (χ1v) is 5.29. The molecule has 0 radical (unpaired) electrons. The molecule has 4 heteroatoms. The van der Waals surface area contributed by atoms with Gasteiger partial charge >= 0.3 is 0 Å². The van der Waals surface area contributed by atoms with E-state index in [0.717, 1.165) is 10.5 Å². The average Bonchev–Trinajstić information content (AvgIpc) is 2.68. The van der Waals surface area contributed by atoms with Crippen molar-refractivity contribution in [2.75, 3.05) is 6.54 Å². The molecule has 0 aliphatic heterocycles. The lowest BCUT2D eigenvalue weighted by atomic mass is 10.2. The minimum Gasteiger partial charge on any atom is -0.330 e. The first kappa shape index (κ1) is 7.71. The van der Waals surface area contributed by atoms with E-state index in [1.807, 2.05) is 0 Å². The van der Waals surface area contributed by atoms with E-state index in [4.69, 9.17) is 5.73 Å². The monoisotopic (exact) mass is 232 g/mol. The number of nitrogens with two attached hydrogens (primary N) is 1. The smallest absolute Gasteiger partial charge is 0.159 e.